The number of nitrogens with one attached hydrogen (secondary N) is 2. The van der Waals surface area contributed by atoms with Gasteiger partial charge in [0.1, 0.15) is 23.1 Å². The van der Waals surface area contributed by atoms with Crippen LogP contribution in [0.3, 0.4) is 0 Å². The van der Waals surface area contributed by atoms with Crippen LogP contribution in [0.4, 0.5) is 27.8 Å². The van der Waals surface area contributed by atoms with Crippen LogP contribution in [0, 0.1) is 11.6 Å². The van der Waals surface area contributed by atoms with E-state index in [1.54, 1.807) is 18.5 Å². The first-order valence-corrected chi connectivity index (χ1v) is 11.0. The Kier molecular flexibility index (Phi) is 7.66. The minimum atomic E-state index is -4.65. The molecule has 0 atom stereocenters. The Bertz CT molecular complexity index is 1400. The van der Waals surface area contributed by atoms with Gasteiger partial charge in [-0.05, 0) is 30.2 Å². The summed E-state index contributed by atoms with van der Waals surface area (Å²) < 4.78 is 66.9. The van der Waals surface area contributed by atoms with Crippen LogP contribution >= 0.6 is 0 Å². The molecule has 0 spiro atoms. The number of anilines is 1. The average molecular weight is 514 g/mol. The summed E-state index contributed by atoms with van der Waals surface area (Å²) in [6.45, 7) is 0.115. The van der Waals surface area contributed by atoms with Gasteiger partial charge < -0.3 is 10.6 Å². The zero-order valence-electron chi connectivity index (χ0n) is 19.1. The Labute approximate surface area is 207 Å². The third-order valence-electron chi connectivity index (χ3n) is 5.18. The van der Waals surface area contributed by atoms with Crippen molar-refractivity contribution in [2.24, 2.45) is 0 Å². The summed E-state index contributed by atoms with van der Waals surface area (Å²) in [4.78, 5) is 28.8. The van der Waals surface area contributed by atoms with Gasteiger partial charge >= 0.3 is 6.18 Å². The highest BCUT2D eigenvalue weighted by Crippen LogP contribution is 2.31. The maximum atomic E-state index is 14.0. The van der Waals surface area contributed by atoms with Gasteiger partial charge in [0.15, 0.2) is 5.82 Å². The predicted molar refractivity (Wildman–Crippen MR) is 124 cm³/mol. The molecule has 12 heteroatoms. The number of hydrogen-bond acceptors (Lipinski definition) is 6. The molecule has 0 unspecified atom stereocenters. The van der Waals surface area contributed by atoms with E-state index in [-0.39, 0.29) is 41.6 Å². The molecule has 0 saturated carbocycles. The van der Waals surface area contributed by atoms with E-state index in [0.717, 1.165) is 30.0 Å². The molecule has 1 amide bonds. The summed E-state index contributed by atoms with van der Waals surface area (Å²) in [5.74, 6) is -2.28. The van der Waals surface area contributed by atoms with Gasteiger partial charge in [-0.3, -0.25) is 14.8 Å². The molecule has 0 radical (unpaired) electrons. The van der Waals surface area contributed by atoms with Crippen LogP contribution in [-0.4, -0.2) is 32.4 Å². The molecule has 0 fully saturated rings. The predicted octanol–water partition coefficient (Wildman–Crippen LogP) is 4.82. The molecule has 0 bridgehead atoms. The van der Waals surface area contributed by atoms with Crippen LogP contribution in [0.1, 0.15) is 27.2 Å². The SMILES string of the molecule is O=C(NCCc1cccnc1)c1cc(NCc2ccc(F)cc2F)nc(-c2cncc(C(F)(F)F)c2)n1. The van der Waals surface area contributed by atoms with Crippen LogP contribution in [0.2, 0.25) is 0 Å². The van der Waals surface area contributed by atoms with Crippen LogP contribution < -0.4 is 10.6 Å². The Morgan fingerprint density at radius 2 is 1.78 bits per heavy atom. The second-order valence-electron chi connectivity index (χ2n) is 7.88. The Morgan fingerprint density at radius 1 is 0.946 bits per heavy atom. The molecule has 2 N–H and O–H groups in total. The van der Waals surface area contributed by atoms with E-state index >= 15 is 0 Å². The number of nitrogens with zero attached hydrogens (tertiary/aromatic N) is 4. The number of halogens is 5. The van der Waals surface area contributed by atoms with Crippen LogP contribution in [-0.2, 0) is 19.1 Å². The van der Waals surface area contributed by atoms with Gasteiger partial charge in [0.2, 0.25) is 0 Å². The first kappa shape index (κ1) is 25.6. The lowest BCUT2D eigenvalue weighted by molar-refractivity contribution is -0.137. The third kappa shape index (κ3) is 6.81. The van der Waals surface area contributed by atoms with Crippen LogP contribution in [0.5, 0.6) is 0 Å². The number of benzene rings is 1. The molecule has 0 saturated heterocycles. The summed E-state index contributed by atoms with van der Waals surface area (Å²) >= 11 is 0. The smallest absolute Gasteiger partial charge is 0.366 e. The van der Waals surface area contributed by atoms with Crippen molar-refractivity contribution in [3.8, 4) is 11.4 Å². The minimum absolute atomic E-state index is 0.0450. The topological polar surface area (TPSA) is 92.7 Å². The van der Waals surface area contributed by atoms with E-state index in [4.69, 9.17) is 0 Å². The minimum Gasteiger partial charge on any atom is -0.366 e. The van der Waals surface area contributed by atoms with Gasteiger partial charge in [-0.15, -0.1) is 0 Å². The molecule has 1 aromatic carbocycles. The van der Waals surface area contributed by atoms with Crippen molar-refractivity contribution in [2.75, 3.05) is 11.9 Å². The second kappa shape index (κ2) is 11.1. The number of hydrogen-bond donors (Lipinski definition) is 2. The van der Waals surface area contributed by atoms with E-state index in [9.17, 15) is 26.7 Å². The molecule has 0 aliphatic heterocycles. The molecular weight excluding hydrogens is 495 g/mol. The van der Waals surface area contributed by atoms with Crippen molar-refractivity contribution in [1.82, 2.24) is 25.3 Å². The summed E-state index contributed by atoms with van der Waals surface area (Å²) in [5.41, 5.74) is -0.205. The van der Waals surface area contributed by atoms with Crippen molar-refractivity contribution in [1.29, 1.82) is 0 Å². The summed E-state index contributed by atoms with van der Waals surface area (Å²) in [5, 5.41) is 5.51. The highest BCUT2D eigenvalue weighted by molar-refractivity contribution is 5.93. The summed E-state index contributed by atoms with van der Waals surface area (Å²) in [6, 6.07) is 8.75. The standard InChI is InChI=1S/C25H19F5N6O/c26-19-4-3-16(20(27)9-19)13-34-22-10-21(24(37)33-7-5-15-2-1-6-31-11-15)35-23(36-22)17-8-18(14-32-12-17)25(28,29)30/h1-4,6,8-12,14H,5,7,13H2,(H,33,37)(H,34,35,36). The number of pyridine rings is 2. The number of alkyl halides is 3. The van der Waals surface area contributed by atoms with Gasteiger partial charge in [0, 0.05) is 61.1 Å². The molecular formula is C25H19F5N6O. The average Bonchev–Trinajstić information content (AvgIpc) is 2.88. The fourth-order valence-corrected chi connectivity index (χ4v) is 3.31. The maximum Gasteiger partial charge on any atom is 0.417 e. The molecule has 0 aliphatic carbocycles. The first-order valence-electron chi connectivity index (χ1n) is 11.0. The van der Waals surface area contributed by atoms with Gasteiger partial charge in [0.05, 0.1) is 5.56 Å². The Hall–Kier alpha value is -4.48. The lowest BCUT2D eigenvalue weighted by Gasteiger charge is -2.12. The van der Waals surface area contributed by atoms with Crippen LogP contribution in [0.15, 0.2) is 67.3 Å². The largest absolute Gasteiger partial charge is 0.417 e. The first-order chi connectivity index (χ1) is 17.7. The van der Waals surface area contributed by atoms with Crippen molar-refractivity contribution < 1.29 is 26.7 Å². The highest BCUT2D eigenvalue weighted by Gasteiger charge is 2.31. The number of carbonyl (C=O) groups is 1. The Balaban J connectivity index is 1.60. The van der Waals surface area contributed by atoms with Gasteiger partial charge in [-0.25, -0.2) is 18.7 Å². The molecule has 37 heavy (non-hydrogen) atoms. The van der Waals surface area contributed by atoms with E-state index in [2.05, 4.69) is 30.6 Å². The number of carbonyl (C=O) groups excluding carboxylic acids is 1. The van der Waals surface area contributed by atoms with Crippen molar-refractivity contribution >= 4 is 11.7 Å². The summed E-state index contributed by atoms with van der Waals surface area (Å²) in [6.07, 6.45) is 0.925. The molecule has 4 rings (SSSR count). The fraction of sp³-hybridized carbons (Fsp3) is 0.160. The zero-order valence-corrected chi connectivity index (χ0v) is 19.1. The molecule has 3 aromatic heterocycles. The zero-order chi connectivity index (χ0) is 26.4. The third-order valence-corrected chi connectivity index (χ3v) is 5.18. The van der Waals surface area contributed by atoms with E-state index in [0.29, 0.717) is 12.6 Å². The normalized spacial score (nSPS) is 11.3. The van der Waals surface area contributed by atoms with Gasteiger partial charge in [-0.2, -0.15) is 13.2 Å². The van der Waals surface area contributed by atoms with Gasteiger partial charge in [-0.1, -0.05) is 12.1 Å². The molecule has 3 heterocycles. The van der Waals surface area contributed by atoms with Crippen LogP contribution in [0.25, 0.3) is 11.4 Å². The monoisotopic (exact) mass is 514 g/mol. The molecule has 190 valence electrons. The lowest BCUT2D eigenvalue weighted by Crippen LogP contribution is -2.27. The Morgan fingerprint density at radius 3 is 2.51 bits per heavy atom. The van der Waals surface area contributed by atoms with E-state index < -0.39 is 29.3 Å². The maximum absolute atomic E-state index is 14.0. The number of aromatic nitrogens is 4. The van der Waals surface area contributed by atoms with Crippen molar-refractivity contribution in [3.05, 3.63) is 101 Å². The van der Waals surface area contributed by atoms with E-state index in [1.807, 2.05) is 6.07 Å². The molecule has 4 aromatic rings. The molecule has 7 nitrogen and oxygen atoms in total. The quantitative estimate of drug-likeness (QED) is 0.328. The van der Waals surface area contributed by atoms with Gasteiger partial charge in [0.25, 0.3) is 5.91 Å². The highest BCUT2D eigenvalue weighted by atomic mass is 19.4. The number of rotatable bonds is 8. The fourth-order valence-electron chi connectivity index (χ4n) is 3.31. The molecule has 0 aliphatic rings. The second-order valence-corrected chi connectivity index (χ2v) is 7.88. The lowest BCUT2D eigenvalue weighted by atomic mass is 10.2. The van der Waals surface area contributed by atoms with Crippen molar-refractivity contribution in [2.45, 2.75) is 19.1 Å². The van der Waals surface area contributed by atoms with Crippen molar-refractivity contribution in [3.63, 3.8) is 0 Å². The summed E-state index contributed by atoms with van der Waals surface area (Å²) in [7, 11) is 0. The number of amides is 1. The van der Waals surface area contributed by atoms with E-state index in [1.165, 1.54) is 12.1 Å².